The fourth-order valence-electron chi connectivity index (χ4n) is 2.77. The van der Waals surface area contributed by atoms with Crippen LogP contribution in [0.3, 0.4) is 0 Å². The molecule has 3 rings (SSSR count). The van der Waals surface area contributed by atoms with Gasteiger partial charge in [-0.05, 0) is 19.1 Å². The van der Waals surface area contributed by atoms with Crippen molar-refractivity contribution >= 4 is 17.5 Å². The van der Waals surface area contributed by atoms with Gasteiger partial charge in [0, 0.05) is 32.2 Å². The van der Waals surface area contributed by atoms with Gasteiger partial charge in [-0.25, -0.2) is 18.7 Å². The zero-order valence-corrected chi connectivity index (χ0v) is 15.0. The van der Waals surface area contributed by atoms with Crippen molar-refractivity contribution in [3.8, 4) is 0 Å². The largest absolute Gasteiger partial charge is 0.378 e. The second-order valence-corrected chi connectivity index (χ2v) is 6.04. The molecule has 9 heteroatoms. The minimum absolute atomic E-state index is 0.183. The van der Waals surface area contributed by atoms with Crippen molar-refractivity contribution in [3.63, 3.8) is 0 Å². The van der Waals surface area contributed by atoms with Crippen LogP contribution >= 0.6 is 0 Å². The predicted octanol–water partition coefficient (Wildman–Crippen LogP) is 1.74. The van der Waals surface area contributed by atoms with Crippen LogP contribution in [0.1, 0.15) is 16.2 Å². The molecular formula is C18H21F2N5O2. The number of carbonyl (C=O) groups is 1. The smallest absolute Gasteiger partial charge is 0.257 e. The maximum Gasteiger partial charge on any atom is 0.257 e. The zero-order chi connectivity index (χ0) is 19.2. The Balaban J connectivity index is 1.54. The zero-order valence-electron chi connectivity index (χ0n) is 15.0. The first kappa shape index (κ1) is 19.0. The Morgan fingerprint density at radius 2 is 1.89 bits per heavy atom. The lowest BCUT2D eigenvalue weighted by Crippen LogP contribution is -2.37. The van der Waals surface area contributed by atoms with Crippen molar-refractivity contribution in [2.24, 2.45) is 0 Å². The molecule has 0 aliphatic carbocycles. The summed E-state index contributed by atoms with van der Waals surface area (Å²) in [5, 5.41) is 5.58. The number of benzene rings is 1. The normalized spacial score (nSPS) is 14.1. The van der Waals surface area contributed by atoms with Crippen molar-refractivity contribution in [3.05, 3.63) is 47.3 Å². The molecule has 1 aliphatic heterocycles. The van der Waals surface area contributed by atoms with E-state index in [9.17, 15) is 13.6 Å². The minimum Gasteiger partial charge on any atom is -0.378 e. The van der Waals surface area contributed by atoms with E-state index in [1.54, 1.807) is 6.92 Å². The molecule has 144 valence electrons. The summed E-state index contributed by atoms with van der Waals surface area (Å²) in [5.74, 6) is -0.510. The summed E-state index contributed by atoms with van der Waals surface area (Å²) < 4.78 is 32.5. The van der Waals surface area contributed by atoms with E-state index in [2.05, 4.69) is 25.5 Å². The first-order valence-corrected chi connectivity index (χ1v) is 8.69. The molecule has 27 heavy (non-hydrogen) atoms. The van der Waals surface area contributed by atoms with E-state index in [0.29, 0.717) is 31.4 Å². The molecule has 1 aromatic carbocycles. The van der Waals surface area contributed by atoms with Crippen molar-refractivity contribution in [1.82, 2.24) is 15.3 Å². The molecule has 0 radical (unpaired) electrons. The average Bonchev–Trinajstić information content (AvgIpc) is 2.65. The number of hydrogen-bond donors (Lipinski definition) is 2. The van der Waals surface area contributed by atoms with Crippen LogP contribution in [0.15, 0.2) is 24.3 Å². The van der Waals surface area contributed by atoms with Gasteiger partial charge in [-0.15, -0.1) is 0 Å². The Labute approximate surface area is 155 Å². The van der Waals surface area contributed by atoms with E-state index in [1.165, 1.54) is 6.07 Å². The van der Waals surface area contributed by atoms with Crippen LogP contribution in [0.4, 0.5) is 20.4 Å². The molecule has 1 saturated heterocycles. The third-order valence-corrected chi connectivity index (χ3v) is 4.07. The fraction of sp³-hybridized carbons (Fsp3) is 0.389. The van der Waals surface area contributed by atoms with Crippen LogP contribution in [0.2, 0.25) is 0 Å². The highest BCUT2D eigenvalue weighted by Crippen LogP contribution is 2.17. The number of nitrogens with one attached hydrogen (secondary N) is 2. The van der Waals surface area contributed by atoms with E-state index < -0.39 is 23.1 Å². The highest BCUT2D eigenvalue weighted by atomic mass is 19.1. The van der Waals surface area contributed by atoms with Gasteiger partial charge in [0.2, 0.25) is 0 Å². The summed E-state index contributed by atoms with van der Waals surface area (Å²) in [6, 6.07) is 5.14. The van der Waals surface area contributed by atoms with Gasteiger partial charge >= 0.3 is 0 Å². The number of amides is 1. The van der Waals surface area contributed by atoms with Crippen molar-refractivity contribution in [2.75, 3.05) is 49.6 Å². The van der Waals surface area contributed by atoms with Crippen LogP contribution in [0.25, 0.3) is 0 Å². The van der Waals surface area contributed by atoms with Gasteiger partial charge < -0.3 is 20.3 Å². The quantitative estimate of drug-likeness (QED) is 0.747. The van der Waals surface area contributed by atoms with Crippen LogP contribution in [-0.4, -0.2) is 55.3 Å². The van der Waals surface area contributed by atoms with Gasteiger partial charge in [0.15, 0.2) is 0 Å². The monoisotopic (exact) mass is 377 g/mol. The lowest BCUT2D eigenvalue weighted by molar-refractivity contribution is 0.0946. The molecule has 0 spiro atoms. The van der Waals surface area contributed by atoms with Crippen molar-refractivity contribution in [1.29, 1.82) is 0 Å². The number of aryl methyl sites for hydroxylation is 1. The van der Waals surface area contributed by atoms with E-state index >= 15 is 0 Å². The molecule has 0 unspecified atom stereocenters. The average molecular weight is 377 g/mol. The molecule has 7 nitrogen and oxygen atoms in total. The number of aromatic nitrogens is 2. The molecule has 0 saturated carbocycles. The summed E-state index contributed by atoms with van der Waals surface area (Å²) >= 11 is 0. The van der Waals surface area contributed by atoms with Gasteiger partial charge in [0.25, 0.3) is 5.91 Å². The van der Waals surface area contributed by atoms with Gasteiger partial charge in [-0.3, -0.25) is 4.79 Å². The number of carbonyl (C=O) groups excluding carboxylic acids is 1. The van der Waals surface area contributed by atoms with Crippen LogP contribution in [0, 0.1) is 18.6 Å². The predicted molar refractivity (Wildman–Crippen MR) is 97.0 cm³/mol. The Morgan fingerprint density at radius 1 is 1.19 bits per heavy atom. The molecule has 2 heterocycles. The third-order valence-electron chi connectivity index (χ3n) is 4.07. The molecule has 2 aromatic rings. The van der Waals surface area contributed by atoms with E-state index in [1.807, 2.05) is 6.07 Å². The van der Waals surface area contributed by atoms with Gasteiger partial charge in [-0.2, -0.15) is 0 Å². The van der Waals surface area contributed by atoms with E-state index in [-0.39, 0.29) is 6.54 Å². The Morgan fingerprint density at radius 3 is 2.59 bits per heavy atom. The lowest BCUT2D eigenvalue weighted by atomic mass is 10.2. The second kappa shape index (κ2) is 8.72. The fourth-order valence-corrected chi connectivity index (χ4v) is 2.77. The molecule has 2 N–H and O–H groups in total. The number of halogens is 2. The summed E-state index contributed by atoms with van der Waals surface area (Å²) in [7, 11) is 0. The van der Waals surface area contributed by atoms with Gasteiger partial charge in [-0.1, -0.05) is 6.07 Å². The molecule has 1 aliphatic rings. The topological polar surface area (TPSA) is 79.4 Å². The van der Waals surface area contributed by atoms with Crippen molar-refractivity contribution in [2.45, 2.75) is 6.92 Å². The Hall–Kier alpha value is -2.81. The number of hydrogen-bond acceptors (Lipinski definition) is 6. The van der Waals surface area contributed by atoms with Gasteiger partial charge in [0.1, 0.15) is 34.7 Å². The number of morpholine rings is 1. The molecule has 1 fully saturated rings. The first-order valence-electron chi connectivity index (χ1n) is 8.69. The molecular weight excluding hydrogens is 356 g/mol. The number of ether oxygens (including phenoxy) is 1. The summed E-state index contributed by atoms with van der Waals surface area (Å²) in [4.78, 5) is 22.8. The molecule has 1 aromatic heterocycles. The summed E-state index contributed by atoms with van der Waals surface area (Å²) in [6.07, 6.45) is 0. The lowest BCUT2D eigenvalue weighted by Gasteiger charge is -2.28. The SMILES string of the molecule is Cc1nc(NCCNC(=O)c2c(F)cccc2F)cc(N2CCOCC2)n1. The summed E-state index contributed by atoms with van der Waals surface area (Å²) in [5.41, 5.74) is -0.579. The van der Waals surface area contributed by atoms with Crippen LogP contribution in [-0.2, 0) is 4.74 Å². The highest BCUT2D eigenvalue weighted by molar-refractivity contribution is 5.94. The second-order valence-electron chi connectivity index (χ2n) is 6.04. The van der Waals surface area contributed by atoms with Gasteiger partial charge in [0.05, 0.1) is 13.2 Å². The van der Waals surface area contributed by atoms with Crippen LogP contribution < -0.4 is 15.5 Å². The number of rotatable bonds is 6. The van der Waals surface area contributed by atoms with E-state index in [4.69, 9.17) is 4.74 Å². The third kappa shape index (κ3) is 4.88. The first-order chi connectivity index (χ1) is 13.0. The molecule has 0 bridgehead atoms. The van der Waals surface area contributed by atoms with E-state index in [0.717, 1.165) is 31.0 Å². The van der Waals surface area contributed by atoms with Crippen LogP contribution in [0.5, 0.6) is 0 Å². The van der Waals surface area contributed by atoms with Crippen molar-refractivity contribution < 1.29 is 18.3 Å². The highest BCUT2D eigenvalue weighted by Gasteiger charge is 2.17. The number of anilines is 2. The minimum atomic E-state index is -0.887. The molecule has 0 atom stereocenters. The molecule has 1 amide bonds. The Kier molecular flexibility index (Phi) is 6.12. The standard InChI is InChI=1S/C18H21F2N5O2/c1-12-23-15(11-16(24-12)25-7-9-27-10-8-25)21-5-6-22-18(26)17-13(19)3-2-4-14(17)20/h2-4,11H,5-10H2,1H3,(H,22,26)(H,21,23,24). The maximum absolute atomic E-state index is 13.6. The maximum atomic E-state index is 13.6. The number of nitrogens with zero attached hydrogens (tertiary/aromatic N) is 3. The Bertz CT molecular complexity index is 792. The summed E-state index contributed by atoms with van der Waals surface area (Å²) in [6.45, 7) is 5.18.